The molecule has 1 N–H and O–H groups in total. The fraction of sp³-hybridized carbons (Fsp3) is 0.667. The van der Waals surface area contributed by atoms with Crippen LogP contribution < -0.4 is 5.32 Å². The Hall–Kier alpha value is -0.880. The molecule has 86 valence electrons. The molecule has 5 nitrogen and oxygen atoms in total. The molecule has 1 aromatic rings. The first-order chi connectivity index (χ1) is 6.99. The van der Waals surface area contributed by atoms with Crippen LogP contribution in [-0.2, 0) is 23.4 Å². The predicted molar refractivity (Wildman–Crippen MR) is 59.2 cm³/mol. The van der Waals surface area contributed by atoms with Gasteiger partial charge in [0.2, 0.25) is 0 Å². The van der Waals surface area contributed by atoms with Crippen LogP contribution in [0.4, 0.5) is 0 Å². The summed E-state index contributed by atoms with van der Waals surface area (Å²) in [6.07, 6.45) is 5.52. The van der Waals surface area contributed by atoms with Crippen molar-refractivity contribution in [1.82, 2.24) is 14.9 Å². The first kappa shape index (κ1) is 12.2. The fourth-order valence-corrected chi connectivity index (χ4v) is 1.90. The van der Waals surface area contributed by atoms with E-state index < -0.39 is 9.84 Å². The van der Waals surface area contributed by atoms with E-state index in [0.717, 1.165) is 5.82 Å². The number of nitrogens with one attached hydrogen (secondary N) is 1. The highest BCUT2D eigenvalue weighted by atomic mass is 32.2. The molecular weight excluding hydrogens is 214 g/mol. The number of hydrogen-bond donors (Lipinski definition) is 1. The summed E-state index contributed by atoms with van der Waals surface area (Å²) in [7, 11) is -0.896. The van der Waals surface area contributed by atoms with Gasteiger partial charge in [-0.25, -0.2) is 13.4 Å². The van der Waals surface area contributed by atoms with Crippen molar-refractivity contribution in [2.45, 2.75) is 13.0 Å². The molecular formula is C9H17N3O2S. The summed E-state index contributed by atoms with van der Waals surface area (Å²) >= 11 is 0. The fourth-order valence-electron chi connectivity index (χ4n) is 1.23. The molecule has 0 saturated carbocycles. The van der Waals surface area contributed by atoms with Crippen molar-refractivity contribution in [3.05, 3.63) is 18.2 Å². The van der Waals surface area contributed by atoms with Gasteiger partial charge in [-0.15, -0.1) is 0 Å². The smallest absolute Gasteiger partial charge is 0.147 e. The third kappa shape index (κ3) is 4.94. The van der Waals surface area contributed by atoms with Gasteiger partial charge in [0.1, 0.15) is 15.7 Å². The molecule has 1 heterocycles. The van der Waals surface area contributed by atoms with Crippen LogP contribution in [0.1, 0.15) is 12.2 Å². The minimum atomic E-state index is -2.83. The molecule has 0 aliphatic heterocycles. The summed E-state index contributed by atoms with van der Waals surface area (Å²) in [6.45, 7) is 1.37. The predicted octanol–water partition coefficient (Wildman–Crippen LogP) is -0.0556. The SMILES string of the molecule is Cn1ccnc1CNCCCS(C)(=O)=O. The third-order valence-electron chi connectivity index (χ3n) is 2.07. The summed E-state index contributed by atoms with van der Waals surface area (Å²) in [5.41, 5.74) is 0. The second-order valence-corrected chi connectivity index (χ2v) is 5.87. The number of rotatable bonds is 6. The lowest BCUT2D eigenvalue weighted by atomic mass is 10.4. The Morgan fingerprint density at radius 3 is 2.80 bits per heavy atom. The summed E-state index contributed by atoms with van der Waals surface area (Å²) in [6, 6.07) is 0. The number of aromatic nitrogens is 2. The molecule has 15 heavy (non-hydrogen) atoms. The second-order valence-electron chi connectivity index (χ2n) is 3.61. The van der Waals surface area contributed by atoms with Crippen LogP contribution >= 0.6 is 0 Å². The van der Waals surface area contributed by atoms with Crippen molar-refractivity contribution in [2.24, 2.45) is 7.05 Å². The van der Waals surface area contributed by atoms with Crippen LogP contribution in [-0.4, -0.2) is 36.5 Å². The molecule has 0 radical (unpaired) electrons. The number of imidazole rings is 1. The van der Waals surface area contributed by atoms with Crippen molar-refractivity contribution in [3.8, 4) is 0 Å². The van der Waals surface area contributed by atoms with Crippen LogP contribution in [0, 0.1) is 0 Å². The van der Waals surface area contributed by atoms with Crippen LogP contribution in [0.15, 0.2) is 12.4 Å². The minimum absolute atomic E-state index is 0.237. The molecule has 0 bridgehead atoms. The first-order valence-corrected chi connectivity index (χ1v) is 6.90. The number of sulfone groups is 1. The summed E-state index contributed by atoms with van der Waals surface area (Å²) in [5, 5.41) is 3.15. The Kier molecular flexibility index (Phi) is 4.28. The van der Waals surface area contributed by atoms with Crippen LogP contribution in [0.25, 0.3) is 0 Å². The quantitative estimate of drug-likeness (QED) is 0.697. The molecule has 0 amide bonds. The summed E-state index contributed by atoms with van der Waals surface area (Å²) < 4.78 is 23.6. The molecule has 0 aliphatic carbocycles. The van der Waals surface area contributed by atoms with Gasteiger partial charge in [0.05, 0.1) is 12.3 Å². The lowest BCUT2D eigenvalue weighted by Crippen LogP contribution is -2.19. The average molecular weight is 231 g/mol. The van der Waals surface area contributed by atoms with Gasteiger partial charge in [0, 0.05) is 25.7 Å². The van der Waals surface area contributed by atoms with Gasteiger partial charge in [-0.3, -0.25) is 0 Å². The highest BCUT2D eigenvalue weighted by Crippen LogP contribution is 1.93. The van der Waals surface area contributed by atoms with E-state index in [1.165, 1.54) is 6.26 Å². The molecule has 6 heteroatoms. The van der Waals surface area contributed by atoms with Gasteiger partial charge in [-0.05, 0) is 13.0 Å². The van der Waals surface area contributed by atoms with E-state index in [4.69, 9.17) is 0 Å². The van der Waals surface area contributed by atoms with Crippen molar-refractivity contribution in [3.63, 3.8) is 0 Å². The number of aryl methyl sites for hydroxylation is 1. The van der Waals surface area contributed by atoms with Gasteiger partial charge < -0.3 is 9.88 Å². The van der Waals surface area contributed by atoms with E-state index in [9.17, 15) is 8.42 Å². The van der Waals surface area contributed by atoms with E-state index in [-0.39, 0.29) is 5.75 Å². The Bertz CT molecular complexity index is 397. The molecule has 0 fully saturated rings. The average Bonchev–Trinajstić information content (AvgIpc) is 2.49. The van der Waals surface area contributed by atoms with Gasteiger partial charge in [0.25, 0.3) is 0 Å². The van der Waals surface area contributed by atoms with Gasteiger partial charge in [-0.2, -0.15) is 0 Å². The van der Waals surface area contributed by atoms with Crippen molar-refractivity contribution in [1.29, 1.82) is 0 Å². The maximum atomic E-state index is 10.8. The van der Waals surface area contributed by atoms with E-state index in [0.29, 0.717) is 19.5 Å². The van der Waals surface area contributed by atoms with E-state index in [1.54, 1.807) is 6.20 Å². The van der Waals surface area contributed by atoms with Crippen molar-refractivity contribution in [2.75, 3.05) is 18.6 Å². The zero-order chi connectivity index (χ0) is 11.3. The Labute approximate surface area is 90.4 Å². The van der Waals surface area contributed by atoms with Crippen molar-refractivity contribution >= 4 is 9.84 Å². The summed E-state index contributed by atoms with van der Waals surface area (Å²) in [5.74, 6) is 1.19. The maximum absolute atomic E-state index is 10.8. The maximum Gasteiger partial charge on any atom is 0.147 e. The van der Waals surface area contributed by atoms with E-state index in [1.807, 2.05) is 17.8 Å². The molecule has 0 atom stereocenters. The van der Waals surface area contributed by atoms with Crippen LogP contribution in [0.3, 0.4) is 0 Å². The molecule has 0 spiro atoms. The zero-order valence-electron chi connectivity index (χ0n) is 9.10. The number of nitrogens with zero attached hydrogens (tertiary/aromatic N) is 2. The molecule has 0 aromatic carbocycles. The zero-order valence-corrected chi connectivity index (χ0v) is 9.92. The highest BCUT2D eigenvalue weighted by Gasteiger charge is 2.01. The standard InChI is InChI=1S/C9H17N3O2S/c1-12-6-5-11-9(12)8-10-4-3-7-15(2,13)14/h5-6,10H,3-4,7-8H2,1-2H3. The minimum Gasteiger partial charge on any atom is -0.337 e. The molecule has 1 rings (SSSR count). The molecule has 0 saturated heterocycles. The van der Waals surface area contributed by atoms with E-state index >= 15 is 0 Å². The van der Waals surface area contributed by atoms with Gasteiger partial charge in [0.15, 0.2) is 0 Å². The third-order valence-corrected chi connectivity index (χ3v) is 3.10. The highest BCUT2D eigenvalue weighted by molar-refractivity contribution is 7.90. The first-order valence-electron chi connectivity index (χ1n) is 4.84. The lowest BCUT2D eigenvalue weighted by molar-refractivity contribution is 0.590. The largest absolute Gasteiger partial charge is 0.337 e. The molecule has 1 aromatic heterocycles. The second kappa shape index (κ2) is 5.27. The molecule has 0 aliphatic rings. The van der Waals surface area contributed by atoms with Crippen LogP contribution in [0.5, 0.6) is 0 Å². The topological polar surface area (TPSA) is 64.0 Å². The van der Waals surface area contributed by atoms with Crippen LogP contribution in [0.2, 0.25) is 0 Å². The Morgan fingerprint density at radius 2 is 2.27 bits per heavy atom. The normalized spacial score (nSPS) is 11.9. The summed E-state index contributed by atoms with van der Waals surface area (Å²) in [4.78, 5) is 4.14. The monoisotopic (exact) mass is 231 g/mol. The van der Waals surface area contributed by atoms with Gasteiger partial charge >= 0.3 is 0 Å². The number of hydrogen-bond acceptors (Lipinski definition) is 4. The Morgan fingerprint density at radius 1 is 1.53 bits per heavy atom. The van der Waals surface area contributed by atoms with Crippen molar-refractivity contribution < 1.29 is 8.42 Å². The lowest BCUT2D eigenvalue weighted by Gasteiger charge is -2.04. The molecule has 0 unspecified atom stereocenters. The van der Waals surface area contributed by atoms with E-state index in [2.05, 4.69) is 10.3 Å². The van der Waals surface area contributed by atoms with Gasteiger partial charge in [-0.1, -0.05) is 0 Å². The Balaban J connectivity index is 2.15.